The first-order valence-corrected chi connectivity index (χ1v) is 15.3. The molecular formula is C29H21N5O6S2. The summed E-state index contributed by atoms with van der Waals surface area (Å²) in [6.07, 6.45) is -0.0536. The number of para-hydroxylation sites is 2. The van der Waals surface area contributed by atoms with Gasteiger partial charge < -0.3 is 19.9 Å². The largest absolute Gasteiger partial charge is 0.453 e. The first-order valence-electron chi connectivity index (χ1n) is 13.1. The van der Waals surface area contributed by atoms with Crippen LogP contribution in [0, 0.1) is 10.1 Å². The molecule has 1 aromatic heterocycles. The average Bonchev–Trinajstić information content (AvgIpc) is 3.64. The second kappa shape index (κ2) is 8.52. The topological polar surface area (TPSA) is 138 Å². The van der Waals surface area contributed by atoms with Crippen molar-refractivity contribution in [2.75, 3.05) is 12.4 Å². The lowest BCUT2D eigenvalue weighted by molar-refractivity contribution is -0.384. The number of ether oxygens (including phenoxy) is 1. The number of nitrogens with one attached hydrogen (secondary N) is 2. The van der Waals surface area contributed by atoms with Gasteiger partial charge in [-0.25, -0.2) is 4.79 Å². The van der Waals surface area contributed by atoms with Crippen LogP contribution in [-0.4, -0.2) is 67.1 Å². The fourth-order valence-electron chi connectivity index (χ4n) is 6.97. The van der Waals surface area contributed by atoms with E-state index >= 15 is 0 Å². The number of nitrogens with zero attached hydrogens (tertiary/aromatic N) is 3. The molecule has 2 bridgehead atoms. The zero-order chi connectivity index (χ0) is 29.0. The summed E-state index contributed by atoms with van der Waals surface area (Å²) in [6.45, 7) is 0. The van der Waals surface area contributed by atoms with E-state index in [0.29, 0.717) is 0 Å². The number of aromatic nitrogens is 1. The Balaban J connectivity index is 1.40. The van der Waals surface area contributed by atoms with Crippen LogP contribution in [0.3, 0.4) is 0 Å². The molecule has 2 N–H and O–H groups in total. The van der Waals surface area contributed by atoms with Crippen LogP contribution in [0.4, 0.5) is 11.4 Å². The van der Waals surface area contributed by atoms with Gasteiger partial charge in [0.1, 0.15) is 11.6 Å². The summed E-state index contributed by atoms with van der Waals surface area (Å²) in [5.41, 5.74) is 1.94. The van der Waals surface area contributed by atoms with Crippen molar-refractivity contribution >= 4 is 61.6 Å². The summed E-state index contributed by atoms with van der Waals surface area (Å²) in [5, 5.41) is 14.9. The molecule has 210 valence electrons. The van der Waals surface area contributed by atoms with Gasteiger partial charge in [0.05, 0.1) is 10.5 Å². The lowest BCUT2D eigenvalue weighted by Crippen LogP contribution is -2.73. The van der Waals surface area contributed by atoms with Crippen molar-refractivity contribution in [2.45, 2.75) is 27.9 Å². The molecule has 4 aromatic rings. The van der Waals surface area contributed by atoms with Gasteiger partial charge in [0.15, 0.2) is 11.5 Å². The lowest BCUT2D eigenvalue weighted by Gasteiger charge is -2.53. The number of nitro groups is 1. The third-order valence-corrected chi connectivity index (χ3v) is 12.0. The molecule has 5 atom stereocenters. The van der Waals surface area contributed by atoms with E-state index < -0.39 is 38.8 Å². The minimum Gasteiger partial charge on any atom is -0.453 e. The number of rotatable bonds is 4. The summed E-state index contributed by atoms with van der Waals surface area (Å²) in [5.74, 6) is -1.33. The van der Waals surface area contributed by atoms with Gasteiger partial charge in [-0.2, -0.15) is 0 Å². The second-order valence-corrected chi connectivity index (χ2v) is 13.2. The molecule has 3 aromatic carbocycles. The molecule has 6 heterocycles. The van der Waals surface area contributed by atoms with Crippen molar-refractivity contribution in [2.24, 2.45) is 0 Å². The highest BCUT2D eigenvalue weighted by Crippen LogP contribution is 2.68. The van der Waals surface area contributed by atoms with Gasteiger partial charge >= 0.3 is 5.97 Å². The number of carbonyl (C=O) groups is 3. The Morgan fingerprint density at radius 2 is 1.76 bits per heavy atom. The minimum atomic E-state index is -1.58. The molecule has 42 heavy (non-hydrogen) atoms. The zero-order valence-electron chi connectivity index (χ0n) is 21.8. The Hall–Kier alpha value is -4.49. The van der Waals surface area contributed by atoms with Crippen molar-refractivity contribution in [3.05, 3.63) is 106 Å². The third-order valence-electron chi connectivity index (χ3n) is 8.75. The van der Waals surface area contributed by atoms with Crippen LogP contribution in [0.15, 0.2) is 79.0 Å². The van der Waals surface area contributed by atoms with Gasteiger partial charge in [0.2, 0.25) is 4.87 Å². The van der Waals surface area contributed by atoms with Gasteiger partial charge in [-0.3, -0.25) is 24.6 Å². The number of likely N-dealkylation sites (N-methyl/N-ethyl adjacent to an activating group) is 1. The predicted molar refractivity (Wildman–Crippen MR) is 157 cm³/mol. The number of H-pyrrole nitrogens is 1. The summed E-state index contributed by atoms with van der Waals surface area (Å²) in [6, 6.07) is 20.5. The van der Waals surface area contributed by atoms with Crippen molar-refractivity contribution in [1.29, 1.82) is 0 Å². The smallest absolute Gasteiger partial charge is 0.338 e. The number of piperazine rings is 1. The Labute approximate surface area is 246 Å². The summed E-state index contributed by atoms with van der Waals surface area (Å²) in [7, 11) is 4.12. The van der Waals surface area contributed by atoms with Crippen molar-refractivity contribution in [1.82, 2.24) is 14.8 Å². The highest BCUT2D eigenvalue weighted by atomic mass is 33.1. The van der Waals surface area contributed by atoms with Gasteiger partial charge in [0, 0.05) is 42.0 Å². The molecule has 0 saturated carbocycles. The van der Waals surface area contributed by atoms with Crippen LogP contribution in [0.5, 0.6) is 0 Å². The van der Waals surface area contributed by atoms with E-state index in [0.717, 1.165) is 27.7 Å². The maximum Gasteiger partial charge on any atom is 0.338 e. The summed E-state index contributed by atoms with van der Waals surface area (Å²) in [4.78, 5) is 57.8. The van der Waals surface area contributed by atoms with E-state index in [1.165, 1.54) is 50.8 Å². The van der Waals surface area contributed by atoms with Gasteiger partial charge in [-0.1, -0.05) is 47.2 Å². The monoisotopic (exact) mass is 599 g/mol. The quantitative estimate of drug-likeness (QED) is 0.154. The highest BCUT2D eigenvalue weighted by molar-refractivity contribution is 8.78. The molecule has 1 unspecified atom stereocenters. The number of anilines is 1. The lowest BCUT2D eigenvalue weighted by atomic mass is 9.70. The van der Waals surface area contributed by atoms with Crippen molar-refractivity contribution in [3.8, 4) is 0 Å². The molecule has 1 spiro atoms. The fraction of sp³-hybridized carbons (Fsp3) is 0.207. The fourth-order valence-corrected chi connectivity index (χ4v) is 10.5. The number of amides is 2. The standard InChI is InChI=1S/C29H21N5O6S2/c1-32-23-22(35)33-26-28(18-7-3-5-9-21(18)31-26,19-14-30-20-8-4-2-6-17(19)20)25(29(33,27(32)37)42-41-23)40-24(36)15-10-12-16(13-11-15)34(38)39/h2-14,23,25-26,30-31H,1H3/t23-,25?,26+,28+,29-/m0/s1. The first-order chi connectivity index (χ1) is 20.3. The van der Waals surface area contributed by atoms with Crippen LogP contribution in [0.1, 0.15) is 21.5 Å². The van der Waals surface area contributed by atoms with E-state index in [2.05, 4.69) is 10.3 Å². The highest BCUT2D eigenvalue weighted by Gasteiger charge is 2.81. The summed E-state index contributed by atoms with van der Waals surface area (Å²) >= 11 is 0. The maximum atomic E-state index is 14.3. The Morgan fingerprint density at radius 1 is 1.02 bits per heavy atom. The number of esters is 1. The molecule has 4 saturated heterocycles. The number of benzene rings is 3. The SMILES string of the molecule is CN1C(=O)[C@]23SS[C@H]1C(=O)N2[C@H]1Nc2ccccc2[C@@]1(c1c[nH]c2ccccc12)C3OC(=O)c1ccc([N+](=O)[O-])cc1. The normalized spacial score (nSPS) is 28.8. The number of hydrogen-bond donors (Lipinski definition) is 2. The van der Waals surface area contributed by atoms with Gasteiger partial charge in [0.25, 0.3) is 17.5 Å². The summed E-state index contributed by atoms with van der Waals surface area (Å²) < 4.78 is 6.46. The molecule has 5 aliphatic heterocycles. The second-order valence-electron chi connectivity index (χ2n) is 10.7. The van der Waals surface area contributed by atoms with E-state index in [-0.39, 0.29) is 23.1 Å². The van der Waals surface area contributed by atoms with E-state index in [1.54, 1.807) is 11.9 Å². The number of fused-ring (bicyclic) bond motifs is 6. The predicted octanol–water partition coefficient (Wildman–Crippen LogP) is 4.07. The van der Waals surface area contributed by atoms with Crippen LogP contribution in [0.2, 0.25) is 0 Å². The number of aromatic amines is 1. The van der Waals surface area contributed by atoms with Gasteiger partial charge in [-0.15, -0.1) is 0 Å². The van der Waals surface area contributed by atoms with Crippen LogP contribution < -0.4 is 5.32 Å². The first kappa shape index (κ1) is 25.2. The molecule has 9 rings (SSSR count). The average molecular weight is 600 g/mol. The third kappa shape index (κ3) is 2.91. The zero-order valence-corrected chi connectivity index (χ0v) is 23.5. The number of nitro benzene ring substituents is 1. The van der Waals surface area contributed by atoms with Crippen molar-refractivity contribution < 1.29 is 24.0 Å². The van der Waals surface area contributed by atoms with E-state index in [9.17, 15) is 24.5 Å². The number of hydrogen-bond acceptors (Lipinski definition) is 9. The molecule has 2 amide bonds. The number of non-ortho nitro benzene ring substituents is 1. The van der Waals surface area contributed by atoms with Crippen LogP contribution in [-0.2, 0) is 19.7 Å². The molecular weight excluding hydrogens is 578 g/mol. The Kier molecular flexibility index (Phi) is 5.12. The Bertz CT molecular complexity index is 1860. The van der Waals surface area contributed by atoms with Crippen molar-refractivity contribution in [3.63, 3.8) is 0 Å². The maximum absolute atomic E-state index is 14.3. The molecule has 0 radical (unpaired) electrons. The van der Waals surface area contributed by atoms with Crippen LogP contribution >= 0.6 is 21.6 Å². The van der Waals surface area contributed by atoms with Gasteiger partial charge in [-0.05, 0) is 46.2 Å². The number of carbonyl (C=O) groups excluding carboxylic acids is 3. The van der Waals surface area contributed by atoms with E-state index in [4.69, 9.17) is 4.74 Å². The minimum absolute atomic E-state index is 0.0922. The Morgan fingerprint density at radius 3 is 2.55 bits per heavy atom. The van der Waals surface area contributed by atoms with E-state index in [1.807, 2.05) is 54.7 Å². The molecule has 5 aliphatic rings. The van der Waals surface area contributed by atoms with Crippen LogP contribution in [0.25, 0.3) is 10.9 Å². The molecule has 4 fully saturated rings. The molecule has 13 heteroatoms. The molecule has 0 aliphatic carbocycles. The molecule has 11 nitrogen and oxygen atoms in total.